The van der Waals surface area contributed by atoms with Gasteiger partial charge in [-0.25, -0.2) is 0 Å². The van der Waals surface area contributed by atoms with E-state index >= 15 is 0 Å². The zero-order valence-electron chi connectivity index (χ0n) is 11.8. The number of ketones is 1. The highest BCUT2D eigenvalue weighted by atomic mass is 32.2. The van der Waals surface area contributed by atoms with E-state index in [0.29, 0.717) is 5.56 Å². The Labute approximate surface area is 139 Å². The molecule has 3 aromatic rings. The predicted molar refractivity (Wildman–Crippen MR) is 95.3 cm³/mol. The molecule has 1 nitrogen and oxygen atoms in total. The maximum absolute atomic E-state index is 12.3. The van der Waals surface area contributed by atoms with E-state index in [1.807, 2.05) is 66.7 Å². The van der Waals surface area contributed by atoms with Gasteiger partial charge in [-0.05, 0) is 61.2 Å². The van der Waals surface area contributed by atoms with Gasteiger partial charge in [0.15, 0.2) is 5.78 Å². The van der Waals surface area contributed by atoms with Gasteiger partial charge in [0, 0.05) is 20.9 Å². The molecule has 0 atom stereocenters. The van der Waals surface area contributed by atoms with E-state index in [4.69, 9.17) is 0 Å². The Morgan fingerprint density at radius 1 is 0.682 bits per heavy atom. The predicted octanol–water partition coefficient (Wildman–Crippen LogP) is 4.44. The summed E-state index contributed by atoms with van der Waals surface area (Å²) < 4.78 is 0. The lowest BCUT2D eigenvalue weighted by atomic mass is 10.0. The molecule has 0 spiro atoms. The van der Waals surface area contributed by atoms with Crippen molar-refractivity contribution in [3.05, 3.63) is 90.0 Å². The molecule has 22 heavy (non-hydrogen) atoms. The molecule has 0 fully saturated rings. The average Bonchev–Trinajstić information content (AvgIpc) is 2.58. The minimum absolute atomic E-state index is 0.0561. The summed E-state index contributed by atoms with van der Waals surface area (Å²) in [5, 5.41) is 0. The molecule has 0 radical (unpaired) electrons. The van der Waals surface area contributed by atoms with Crippen molar-refractivity contribution in [2.75, 3.05) is 0 Å². The first-order valence-electron chi connectivity index (χ1n) is 6.92. The smallest absolute Gasteiger partial charge is 0.193 e. The lowest BCUT2D eigenvalue weighted by Gasteiger charge is -2.04. The Bertz CT molecular complexity index is 763. The van der Waals surface area contributed by atoms with Crippen molar-refractivity contribution in [2.45, 2.75) is 14.7 Å². The first kappa shape index (κ1) is 14.9. The van der Waals surface area contributed by atoms with Gasteiger partial charge >= 0.3 is 0 Å². The van der Waals surface area contributed by atoms with Crippen molar-refractivity contribution >= 4 is 30.2 Å². The molecular weight excluding hydrogens is 308 g/mol. The molecule has 3 rings (SSSR count). The maximum atomic E-state index is 12.3. The number of hydrogen-bond acceptors (Lipinski definition) is 2. The second-order valence-corrected chi connectivity index (χ2v) is 6.57. The Morgan fingerprint density at radius 2 is 1.18 bits per heavy atom. The SMILES string of the molecule is O=C(c1ccccc1)c1ccc(Sc2ccc([SH2+])cc2)cc1. The van der Waals surface area contributed by atoms with Gasteiger partial charge < -0.3 is 0 Å². The van der Waals surface area contributed by atoms with E-state index in [-0.39, 0.29) is 5.78 Å². The summed E-state index contributed by atoms with van der Waals surface area (Å²) in [5.74, 6) is 0.0561. The molecule has 0 heterocycles. The average molecular weight is 323 g/mol. The van der Waals surface area contributed by atoms with Crippen LogP contribution >= 0.6 is 11.8 Å². The van der Waals surface area contributed by atoms with E-state index in [2.05, 4.69) is 24.8 Å². The van der Waals surface area contributed by atoms with Crippen molar-refractivity contribution in [1.29, 1.82) is 0 Å². The lowest BCUT2D eigenvalue weighted by Crippen LogP contribution is -2.00. The fourth-order valence-corrected chi connectivity index (χ4v) is 3.07. The quantitative estimate of drug-likeness (QED) is 0.521. The van der Waals surface area contributed by atoms with Gasteiger partial charge in [-0.3, -0.25) is 4.79 Å². The standard InChI is InChI=1S/C19H14OS2/c20-19(14-4-2-1-3-5-14)15-6-10-17(11-7-15)22-18-12-8-16(21)9-13-18/h1-13,21H/p+1. The molecule has 0 bridgehead atoms. The van der Waals surface area contributed by atoms with Crippen molar-refractivity contribution < 1.29 is 4.79 Å². The number of benzene rings is 3. The Kier molecular flexibility index (Phi) is 4.66. The first-order valence-corrected chi connectivity index (χ1v) is 8.23. The van der Waals surface area contributed by atoms with Gasteiger partial charge in [0.25, 0.3) is 0 Å². The Balaban J connectivity index is 1.75. The van der Waals surface area contributed by atoms with E-state index in [1.165, 1.54) is 4.90 Å². The maximum Gasteiger partial charge on any atom is 0.193 e. The van der Waals surface area contributed by atoms with Gasteiger partial charge in [-0.15, -0.1) is 0 Å². The highest BCUT2D eigenvalue weighted by Crippen LogP contribution is 2.28. The molecular formula is C19H15OS2+. The molecule has 0 aliphatic rings. The third kappa shape index (κ3) is 3.62. The van der Waals surface area contributed by atoms with Gasteiger partial charge in [-0.2, -0.15) is 0 Å². The normalized spacial score (nSPS) is 10.4. The fourth-order valence-electron chi connectivity index (χ4n) is 2.09. The lowest BCUT2D eigenvalue weighted by molar-refractivity contribution is 0.103. The number of carbonyl (C=O) groups excluding carboxylic acids is 1. The van der Waals surface area contributed by atoms with Gasteiger partial charge in [0.1, 0.15) is 4.90 Å². The first-order chi connectivity index (χ1) is 10.7. The summed E-state index contributed by atoms with van der Waals surface area (Å²) in [6, 6.07) is 25.3. The fraction of sp³-hybridized carbons (Fsp3) is 0. The van der Waals surface area contributed by atoms with Crippen LogP contribution in [0.4, 0.5) is 0 Å². The molecule has 3 aromatic carbocycles. The van der Waals surface area contributed by atoms with Crippen LogP contribution in [0, 0.1) is 0 Å². The van der Waals surface area contributed by atoms with Gasteiger partial charge in [0.2, 0.25) is 0 Å². The highest BCUT2D eigenvalue weighted by molar-refractivity contribution is 7.99. The third-order valence-electron chi connectivity index (χ3n) is 3.24. The van der Waals surface area contributed by atoms with Crippen LogP contribution in [0.5, 0.6) is 0 Å². The molecule has 0 saturated heterocycles. The zero-order chi connectivity index (χ0) is 15.4. The van der Waals surface area contributed by atoms with Gasteiger partial charge in [0.05, 0.1) is 0 Å². The molecule has 3 heteroatoms. The topological polar surface area (TPSA) is 17.1 Å². The summed E-state index contributed by atoms with van der Waals surface area (Å²) in [4.78, 5) is 15.7. The van der Waals surface area contributed by atoms with E-state index in [9.17, 15) is 4.79 Å². The number of hydrogen-bond donors (Lipinski definition) is 0. The minimum Gasteiger partial charge on any atom is -0.289 e. The van der Waals surface area contributed by atoms with E-state index in [1.54, 1.807) is 11.8 Å². The molecule has 0 amide bonds. The molecule has 0 N–H and O–H groups in total. The second-order valence-electron chi connectivity index (χ2n) is 4.85. The summed E-state index contributed by atoms with van der Waals surface area (Å²) in [5.41, 5.74) is 1.43. The Hall–Kier alpha value is -1.97. The molecule has 0 unspecified atom stereocenters. The van der Waals surface area contributed by atoms with Crippen molar-refractivity contribution in [1.82, 2.24) is 0 Å². The van der Waals surface area contributed by atoms with E-state index < -0.39 is 0 Å². The molecule has 108 valence electrons. The van der Waals surface area contributed by atoms with E-state index in [0.717, 1.165) is 15.4 Å². The highest BCUT2D eigenvalue weighted by Gasteiger charge is 2.08. The third-order valence-corrected chi connectivity index (χ3v) is 4.59. The van der Waals surface area contributed by atoms with Crippen LogP contribution in [0.3, 0.4) is 0 Å². The summed E-state index contributed by atoms with van der Waals surface area (Å²) in [6.45, 7) is 0. The van der Waals surface area contributed by atoms with Crippen LogP contribution in [-0.2, 0) is 12.6 Å². The minimum atomic E-state index is 0.0561. The monoisotopic (exact) mass is 323 g/mol. The van der Waals surface area contributed by atoms with Gasteiger partial charge in [-0.1, -0.05) is 42.1 Å². The molecule has 0 aliphatic carbocycles. The number of rotatable bonds is 4. The van der Waals surface area contributed by atoms with Crippen LogP contribution in [0.15, 0.2) is 93.5 Å². The summed E-state index contributed by atoms with van der Waals surface area (Å²) in [7, 11) is 0. The molecule has 0 aliphatic heterocycles. The molecule has 0 aromatic heterocycles. The zero-order valence-corrected chi connectivity index (χ0v) is 13.6. The largest absolute Gasteiger partial charge is 0.289 e. The van der Waals surface area contributed by atoms with Crippen molar-refractivity contribution in [3.8, 4) is 0 Å². The van der Waals surface area contributed by atoms with Crippen LogP contribution < -0.4 is 0 Å². The van der Waals surface area contributed by atoms with Crippen LogP contribution in [0.1, 0.15) is 15.9 Å². The van der Waals surface area contributed by atoms with Crippen molar-refractivity contribution in [3.63, 3.8) is 0 Å². The van der Waals surface area contributed by atoms with Crippen molar-refractivity contribution in [2.24, 2.45) is 0 Å². The van der Waals surface area contributed by atoms with Crippen LogP contribution in [0.2, 0.25) is 0 Å². The van der Waals surface area contributed by atoms with Crippen LogP contribution in [-0.4, -0.2) is 5.78 Å². The second kappa shape index (κ2) is 6.86. The molecule has 0 saturated carbocycles. The number of carbonyl (C=O) groups is 1. The van der Waals surface area contributed by atoms with Crippen LogP contribution in [0.25, 0.3) is 0 Å². The Morgan fingerprint density at radius 3 is 1.77 bits per heavy atom. The summed E-state index contributed by atoms with van der Waals surface area (Å²) in [6.07, 6.45) is 0. The summed E-state index contributed by atoms with van der Waals surface area (Å²) >= 11 is 5.16.